The number of benzene rings is 2. The maximum atomic E-state index is 5.08. The van der Waals surface area contributed by atoms with Gasteiger partial charge in [0.05, 0.1) is 12.6 Å². The van der Waals surface area contributed by atoms with Gasteiger partial charge >= 0.3 is 0 Å². The Balaban J connectivity index is 0.000000569. The first kappa shape index (κ1) is 26.9. The Morgan fingerprint density at radius 2 is 1.82 bits per heavy atom. The molecule has 2 aromatic carbocycles. The molecule has 0 saturated carbocycles. The van der Waals surface area contributed by atoms with Gasteiger partial charge in [-0.25, -0.2) is 0 Å². The maximum absolute atomic E-state index is 5.08. The van der Waals surface area contributed by atoms with Crippen LogP contribution in [0.1, 0.15) is 62.8 Å². The van der Waals surface area contributed by atoms with E-state index in [1.54, 1.807) is 0 Å². The van der Waals surface area contributed by atoms with Gasteiger partial charge in [-0.15, -0.1) is 0 Å². The van der Waals surface area contributed by atoms with Crippen LogP contribution in [0.2, 0.25) is 0 Å². The summed E-state index contributed by atoms with van der Waals surface area (Å²) in [5, 5.41) is 9.97. The van der Waals surface area contributed by atoms with Crippen LogP contribution in [0.3, 0.4) is 0 Å². The Hall–Kier alpha value is -2.37. The van der Waals surface area contributed by atoms with Crippen molar-refractivity contribution in [2.75, 3.05) is 44.9 Å². The van der Waals surface area contributed by atoms with Gasteiger partial charge in [0.15, 0.2) is 0 Å². The summed E-state index contributed by atoms with van der Waals surface area (Å²) in [6.45, 7) is 11.7. The molecule has 0 amide bonds. The minimum absolute atomic E-state index is 0.239. The third-order valence-electron chi connectivity index (χ3n) is 6.29. The van der Waals surface area contributed by atoms with Gasteiger partial charge in [-0.1, -0.05) is 70.0 Å². The fourth-order valence-electron chi connectivity index (χ4n) is 4.21. The van der Waals surface area contributed by atoms with Crippen LogP contribution in [0, 0.1) is 12.8 Å². The molecule has 3 rings (SSSR count). The van der Waals surface area contributed by atoms with Gasteiger partial charge in [-0.05, 0) is 57.1 Å². The molecule has 1 aliphatic heterocycles. The van der Waals surface area contributed by atoms with E-state index in [1.165, 1.54) is 40.9 Å². The van der Waals surface area contributed by atoms with Crippen LogP contribution in [-0.4, -0.2) is 45.0 Å². The SMILES string of the molecule is CCC(C)C1N=C(CN(C)Cc2cccc(C)c2NC)Nc2ccccc21.CCCCNC. The highest BCUT2D eigenvalue weighted by atomic mass is 15.2. The van der Waals surface area contributed by atoms with Crippen LogP contribution in [0.15, 0.2) is 47.5 Å². The highest BCUT2D eigenvalue weighted by Crippen LogP contribution is 2.36. The molecule has 182 valence electrons. The van der Waals surface area contributed by atoms with E-state index in [9.17, 15) is 0 Å². The second-order valence-corrected chi connectivity index (χ2v) is 9.11. The van der Waals surface area contributed by atoms with Gasteiger partial charge in [-0.2, -0.15) is 0 Å². The first-order valence-electron chi connectivity index (χ1n) is 12.5. The van der Waals surface area contributed by atoms with Crippen molar-refractivity contribution in [2.45, 2.75) is 59.5 Å². The molecule has 5 nitrogen and oxygen atoms in total. The first-order chi connectivity index (χ1) is 15.9. The van der Waals surface area contributed by atoms with Gasteiger partial charge in [0, 0.05) is 30.5 Å². The van der Waals surface area contributed by atoms with Crippen molar-refractivity contribution in [3.63, 3.8) is 0 Å². The number of rotatable bonds is 10. The number of aliphatic imine (C=N–C) groups is 1. The number of hydrogen-bond donors (Lipinski definition) is 3. The summed E-state index contributed by atoms with van der Waals surface area (Å²) in [4.78, 5) is 7.41. The zero-order chi connectivity index (χ0) is 24.2. The molecule has 1 heterocycles. The molecule has 0 bridgehead atoms. The van der Waals surface area contributed by atoms with E-state index in [-0.39, 0.29) is 6.04 Å². The Kier molecular flexibility index (Phi) is 11.4. The predicted octanol–water partition coefficient (Wildman–Crippen LogP) is 6.09. The van der Waals surface area contributed by atoms with Gasteiger partial charge in [0.1, 0.15) is 5.84 Å². The highest BCUT2D eigenvalue weighted by molar-refractivity contribution is 5.99. The lowest BCUT2D eigenvalue weighted by Gasteiger charge is -2.30. The molecule has 0 aliphatic carbocycles. The average molecular weight is 452 g/mol. The Morgan fingerprint density at radius 1 is 1.06 bits per heavy atom. The van der Waals surface area contributed by atoms with E-state index >= 15 is 0 Å². The van der Waals surface area contributed by atoms with E-state index in [4.69, 9.17) is 4.99 Å². The van der Waals surface area contributed by atoms with Crippen LogP contribution >= 0.6 is 0 Å². The molecular weight excluding hydrogens is 406 g/mol. The molecule has 2 aromatic rings. The molecule has 0 saturated heterocycles. The molecule has 1 aliphatic rings. The molecule has 0 spiro atoms. The van der Waals surface area contributed by atoms with Gasteiger partial charge < -0.3 is 16.0 Å². The summed E-state index contributed by atoms with van der Waals surface area (Å²) >= 11 is 0. The smallest absolute Gasteiger partial charge is 0.116 e. The number of anilines is 2. The minimum Gasteiger partial charge on any atom is -0.388 e. The number of amidine groups is 1. The topological polar surface area (TPSA) is 51.7 Å². The summed E-state index contributed by atoms with van der Waals surface area (Å²) in [7, 11) is 6.13. The summed E-state index contributed by atoms with van der Waals surface area (Å²) in [5.74, 6) is 1.58. The zero-order valence-corrected chi connectivity index (χ0v) is 21.8. The van der Waals surface area contributed by atoms with E-state index in [0.717, 1.165) is 31.9 Å². The molecule has 5 heteroatoms. The van der Waals surface area contributed by atoms with Crippen LogP contribution in [0.5, 0.6) is 0 Å². The zero-order valence-electron chi connectivity index (χ0n) is 21.8. The van der Waals surface area contributed by atoms with Crippen molar-refractivity contribution in [3.8, 4) is 0 Å². The number of unbranched alkanes of at least 4 members (excludes halogenated alkanes) is 1. The van der Waals surface area contributed by atoms with Gasteiger partial charge in [0.25, 0.3) is 0 Å². The summed E-state index contributed by atoms with van der Waals surface area (Å²) in [5.41, 5.74) is 6.34. The highest BCUT2D eigenvalue weighted by Gasteiger charge is 2.25. The maximum Gasteiger partial charge on any atom is 0.116 e. The predicted molar refractivity (Wildman–Crippen MR) is 146 cm³/mol. The van der Waals surface area contributed by atoms with E-state index in [2.05, 4.69) is 98.1 Å². The van der Waals surface area contributed by atoms with E-state index in [1.807, 2.05) is 14.1 Å². The first-order valence-corrected chi connectivity index (χ1v) is 12.5. The number of hydrogen-bond acceptors (Lipinski definition) is 5. The van der Waals surface area contributed by atoms with Crippen molar-refractivity contribution in [1.29, 1.82) is 0 Å². The third kappa shape index (κ3) is 7.86. The Labute approximate surface area is 202 Å². The fourth-order valence-corrected chi connectivity index (χ4v) is 4.21. The Bertz CT molecular complexity index is 872. The van der Waals surface area contributed by atoms with Crippen molar-refractivity contribution < 1.29 is 0 Å². The average Bonchev–Trinajstić information content (AvgIpc) is 2.82. The molecule has 2 atom stereocenters. The lowest BCUT2D eigenvalue weighted by molar-refractivity contribution is 0.371. The van der Waals surface area contributed by atoms with Crippen molar-refractivity contribution >= 4 is 17.2 Å². The molecular formula is C28H45N5. The number of nitrogens with zero attached hydrogens (tertiary/aromatic N) is 2. The molecule has 3 N–H and O–H groups in total. The third-order valence-corrected chi connectivity index (χ3v) is 6.29. The van der Waals surface area contributed by atoms with Gasteiger partial charge in [-0.3, -0.25) is 9.89 Å². The molecule has 0 aromatic heterocycles. The van der Waals surface area contributed by atoms with Crippen LogP contribution < -0.4 is 16.0 Å². The summed E-state index contributed by atoms with van der Waals surface area (Å²) in [6.07, 6.45) is 3.72. The summed E-state index contributed by atoms with van der Waals surface area (Å²) in [6, 6.07) is 15.3. The van der Waals surface area contributed by atoms with Crippen LogP contribution in [0.25, 0.3) is 0 Å². The monoisotopic (exact) mass is 451 g/mol. The van der Waals surface area contributed by atoms with Crippen LogP contribution in [0.4, 0.5) is 11.4 Å². The summed E-state index contributed by atoms with van der Waals surface area (Å²) < 4.78 is 0. The van der Waals surface area contributed by atoms with E-state index in [0.29, 0.717) is 5.92 Å². The van der Waals surface area contributed by atoms with Crippen molar-refractivity contribution in [1.82, 2.24) is 10.2 Å². The number of likely N-dealkylation sites (N-methyl/N-ethyl adjacent to an activating group) is 1. The standard InChI is InChI=1S/C23H32N4.C5H13N/c1-6-16(2)23-19-12-7-8-13-20(19)25-21(26-23)15-27(5)14-18-11-9-10-17(3)22(18)24-4;1-3-4-5-6-2/h7-13,16,23-24H,6,14-15H2,1-5H3,(H,25,26);6H,3-5H2,1-2H3. The number of fused-ring (bicyclic) bond motifs is 1. The molecule has 0 fully saturated rings. The van der Waals surface area contributed by atoms with Crippen molar-refractivity contribution in [3.05, 3.63) is 59.2 Å². The fraction of sp³-hybridized carbons (Fsp3) is 0.536. The largest absolute Gasteiger partial charge is 0.388 e. The molecule has 2 unspecified atom stereocenters. The minimum atomic E-state index is 0.239. The Morgan fingerprint density at radius 3 is 2.45 bits per heavy atom. The lowest BCUT2D eigenvalue weighted by atomic mass is 9.90. The number of aryl methyl sites for hydroxylation is 1. The van der Waals surface area contributed by atoms with Gasteiger partial charge in [0.2, 0.25) is 0 Å². The number of para-hydroxylation sites is 2. The second kappa shape index (κ2) is 14.0. The second-order valence-electron chi connectivity index (χ2n) is 9.11. The number of nitrogens with one attached hydrogen (secondary N) is 3. The van der Waals surface area contributed by atoms with Crippen LogP contribution in [-0.2, 0) is 6.54 Å². The molecule has 0 radical (unpaired) electrons. The normalized spacial score (nSPS) is 15.6. The lowest BCUT2D eigenvalue weighted by Crippen LogP contribution is -2.33. The quantitative estimate of drug-likeness (QED) is 0.383. The van der Waals surface area contributed by atoms with E-state index < -0.39 is 0 Å². The van der Waals surface area contributed by atoms with Crippen molar-refractivity contribution in [2.24, 2.45) is 10.9 Å². The molecule has 33 heavy (non-hydrogen) atoms.